The molecule has 1 fully saturated rings. The summed E-state index contributed by atoms with van der Waals surface area (Å²) in [6.45, 7) is 3.05. The summed E-state index contributed by atoms with van der Waals surface area (Å²) in [7, 11) is -2.63. The minimum atomic E-state index is -4.15. The van der Waals surface area contributed by atoms with Gasteiger partial charge in [0.15, 0.2) is 0 Å². The van der Waals surface area contributed by atoms with Gasteiger partial charge in [0.1, 0.15) is 18.3 Å². The normalized spacial score (nSPS) is 14.3. The van der Waals surface area contributed by atoms with Gasteiger partial charge in [-0.1, -0.05) is 60.3 Å². The Kier molecular flexibility index (Phi) is 9.94. The summed E-state index contributed by atoms with van der Waals surface area (Å²) in [5, 5.41) is 3.51. The Bertz CT molecular complexity index is 1460. The minimum Gasteiger partial charge on any atom is -0.497 e. The first-order chi connectivity index (χ1) is 19.6. The lowest BCUT2D eigenvalue weighted by Gasteiger charge is -2.32. The quantitative estimate of drug-likeness (QED) is 0.322. The Morgan fingerprint density at radius 3 is 2.24 bits per heavy atom. The smallest absolute Gasteiger partial charge is 0.264 e. The number of hydrogen-bond donors (Lipinski definition) is 1. The van der Waals surface area contributed by atoms with Crippen molar-refractivity contribution in [2.45, 2.75) is 63.1 Å². The number of sulfonamides is 1. The fourth-order valence-corrected chi connectivity index (χ4v) is 6.51. The minimum absolute atomic E-state index is 0.0405. The van der Waals surface area contributed by atoms with Crippen LogP contribution in [0.3, 0.4) is 0 Å². The average Bonchev–Trinajstić information content (AvgIpc) is 3.48. The average molecular weight is 598 g/mol. The number of amides is 2. The highest BCUT2D eigenvalue weighted by Gasteiger charge is 2.33. The van der Waals surface area contributed by atoms with Crippen LogP contribution in [0.1, 0.15) is 43.7 Å². The van der Waals surface area contributed by atoms with Crippen LogP contribution < -0.4 is 14.4 Å². The number of anilines is 1. The largest absolute Gasteiger partial charge is 0.497 e. The zero-order chi connectivity index (χ0) is 29.6. The molecule has 0 bridgehead atoms. The first-order valence-electron chi connectivity index (χ1n) is 13.7. The van der Waals surface area contributed by atoms with Gasteiger partial charge in [0.05, 0.1) is 17.7 Å². The molecule has 41 heavy (non-hydrogen) atoms. The number of carbonyl (C=O) groups excluding carboxylic acids is 2. The maximum atomic E-state index is 14.1. The highest BCUT2D eigenvalue weighted by molar-refractivity contribution is 7.92. The molecule has 2 amide bonds. The second kappa shape index (κ2) is 13.4. The molecule has 3 aromatic rings. The highest BCUT2D eigenvalue weighted by atomic mass is 35.5. The van der Waals surface area contributed by atoms with Crippen molar-refractivity contribution in [1.82, 2.24) is 10.2 Å². The molecule has 0 saturated heterocycles. The number of rotatable bonds is 11. The molecule has 0 radical (unpaired) electrons. The predicted molar refractivity (Wildman–Crippen MR) is 161 cm³/mol. The van der Waals surface area contributed by atoms with Crippen LogP contribution in [0.15, 0.2) is 77.7 Å². The predicted octanol–water partition coefficient (Wildman–Crippen LogP) is 5.33. The molecule has 0 unspecified atom stereocenters. The van der Waals surface area contributed by atoms with Crippen LogP contribution in [0.25, 0.3) is 0 Å². The van der Waals surface area contributed by atoms with E-state index in [2.05, 4.69) is 5.32 Å². The maximum absolute atomic E-state index is 14.1. The van der Waals surface area contributed by atoms with Gasteiger partial charge >= 0.3 is 0 Å². The molecule has 0 heterocycles. The van der Waals surface area contributed by atoms with Crippen molar-refractivity contribution in [3.05, 3.63) is 88.9 Å². The van der Waals surface area contributed by atoms with E-state index in [1.165, 1.54) is 24.1 Å². The number of nitrogens with one attached hydrogen (secondary N) is 1. The van der Waals surface area contributed by atoms with Gasteiger partial charge in [-0.15, -0.1) is 0 Å². The van der Waals surface area contributed by atoms with E-state index in [9.17, 15) is 18.0 Å². The monoisotopic (exact) mass is 597 g/mol. The molecule has 4 rings (SSSR count). The molecule has 0 aromatic heterocycles. The van der Waals surface area contributed by atoms with Crippen LogP contribution in [0.2, 0.25) is 5.02 Å². The maximum Gasteiger partial charge on any atom is 0.264 e. The van der Waals surface area contributed by atoms with Crippen molar-refractivity contribution in [3.8, 4) is 5.75 Å². The summed E-state index contributed by atoms with van der Waals surface area (Å²) < 4.78 is 34.2. The fraction of sp³-hybridized carbons (Fsp3) is 0.355. The van der Waals surface area contributed by atoms with Crippen LogP contribution in [0.5, 0.6) is 5.75 Å². The van der Waals surface area contributed by atoms with Crippen molar-refractivity contribution >= 4 is 39.1 Å². The number of aryl methyl sites for hydroxylation is 1. The van der Waals surface area contributed by atoms with Gasteiger partial charge in [-0.3, -0.25) is 13.9 Å². The van der Waals surface area contributed by atoms with Crippen molar-refractivity contribution < 1.29 is 22.7 Å². The molecule has 1 saturated carbocycles. The van der Waals surface area contributed by atoms with Crippen molar-refractivity contribution in [1.29, 1.82) is 0 Å². The van der Waals surface area contributed by atoms with Crippen LogP contribution in [0.4, 0.5) is 5.69 Å². The standard InChI is InChI=1S/C31H36ClN3O5S/c1-22-12-18-28(19-13-22)41(38,39)35(26-14-16-27(40-3)17-15-26)21-30(36)34(20-24-8-4-7-11-29(24)32)23(2)31(37)33-25-9-5-6-10-25/h4,7-8,11-19,23,25H,5-6,9-10,20-21H2,1-3H3,(H,33,37)/t23-/m1/s1. The Labute approximate surface area is 247 Å². The second-order valence-corrected chi connectivity index (χ2v) is 12.6. The molecule has 0 aliphatic heterocycles. The molecule has 218 valence electrons. The zero-order valence-corrected chi connectivity index (χ0v) is 25.1. The third-order valence-corrected chi connectivity index (χ3v) is 9.57. The zero-order valence-electron chi connectivity index (χ0n) is 23.5. The van der Waals surface area contributed by atoms with Gasteiger partial charge in [0, 0.05) is 17.6 Å². The molecule has 1 atom stereocenters. The molecule has 0 spiro atoms. The van der Waals surface area contributed by atoms with E-state index in [1.807, 2.05) is 6.92 Å². The van der Waals surface area contributed by atoms with Crippen molar-refractivity contribution in [2.75, 3.05) is 18.0 Å². The Balaban J connectivity index is 1.69. The van der Waals surface area contributed by atoms with Gasteiger partial charge in [-0.05, 0) is 74.7 Å². The third kappa shape index (κ3) is 7.40. The summed E-state index contributed by atoms with van der Waals surface area (Å²) >= 11 is 6.43. The summed E-state index contributed by atoms with van der Waals surface area (Å²) in [6.07, 6.45) is 3.90. The summed E-state index contributed by atoms with van der Waals surface area (Å²) in [4.78, 5) is 28.8. The van der Waals surface area contributed by atoms with Crippen molar-refractivity contribution in [3.63, 3.8) is 0 Å². The first kappa shape index (κ1) is 30.4. The van der Waals surface area contributed by atoms with E-state index in [0.29, 0.717) is 22.0 Å². The van der Waals surface area contributed by atoms with E-state index in [4.69, 9.17) is 16.3 Å². The highest BCUT2D eigenvalue weighted by Crippen LogP contribution is 2.27. The Morgan fingerprint density at radius 2 is 1.63 bits per heavy atom. The number of ether oxygens (including phenoxy) is 1. The van der Waals surface area contributed by atoms with Gasteiger partial charge in [-0.25, -0.2) is 8.42 Å². The number of nitrogens with zero attached hydrogens (tertiary/aromatic N) is 2. The van der Waals surface area contributed by atoms with E-state index in [0.717, 1.165) is 35.6 Å². The number of halogens is 1. The lowest BCUT2D eigenvalue weighted by molar-refractivity contribution is -0.139. The third-order valence-electron chi connectivity index (χ3n) is 7.42. The molecule has 3 aromatic carbocycles. The van der Waals surface area contributed by atoms with Crippen LogP contribution in [-0.4, -0.2) is 50.9 Å². The molecule has 10 heteroatoms. The topological polar surface area (TPSA) is 96.0 Å². The van der Waals surface area contributed by atoms with Gasteiger partial charge in [0.2, 0.25) is 11.8 Å². The fourth-order valence-electron chi connectivity index (χ4n) is 4.90. The van der Waals surface area contributed by atoms with Gasteiger partial charge in [0.25, 0.3) is 10.0 Å². The first-order valence-corrected chi connectivity index (χ1v) is 15.5. The Hall–Kier alpha value is -3.56. The molecule has 1 N–H and O–H groups in total. The Morgan fingerprint density at radius 1 is 1.00 bits per heavy atom. The van der Waals surface area contributed by atoms with Crippen LogP contribution in [-0.2, 0) is 26.2 Å². The van der Waals surface area contributed by atoms with E-state index >= 15 is 0 Å². The lowest BCUT2D eigenvalue weighted by Crippen LogP contribution is -2.52. The van der Waals surface area contributed by atoms with Crippen molar-refractivity contribution in [2.24, 2.45) is 0 Å². The van der Waals surface area contributed by atoms with Crippen LogP contribution >= 0.6 is 11.6 Å². The number of methoxy groups -OCH3 is 1. The molecule has 8 nitrogen and oxygen atoms in total. The van der Waals surface area contributed by atoms with E-state index < -0.39 is 28.5 Å². The van der Waals surface area contributed by atoms with Gasteiger partial charge in [-0.2, -0.15) is 0 Å². The van der Waals surface area contributed by atoms with Gasteiger partial charge < -0.3 is 15.0 Å². The number of hydrogen-bond acceptors (Lipinski definition) is 5. The number of benzene rings is 3. The van der Waals surface area contributed by atoms with E-state index in [1.54, 1.807) is 67.6 Å². The molecular weight excluding hydrogens is 562 g/mol. The number of carbonyl (C=O) groups is 2. The molecule has 1 aliphatic rings. The lowest BCUT2D eigenvalue weighted by atomic mass is 10.1. The molecular formula is C31H36ClN3O5S. The molecule has 1 aliphatic carbocycles. The SMILES string of the molecule is COc1ccc(N(CC(=O)N(Cc2ccccc2Cl)[C@H](C)C(=O)NC2CCCC2)S(=O)(=O)c2ccc(C)cc2)cc1. The summed E-state index contributed by atoms with van der Waals surface area (Å²) in [5.41, 5.74) is 1.85. The van der Waals surface area contributed by atoms with E-state index in [-0.39, 0.29) is 23.4 Å². The van der Waals surface area contributed by atoms with Crippen LogP contribution in [0, 0.1) is 6.92 Å². The second-order valence-electron chi connectivity index (χ2n) is 10.3. The summed E-state index contributed by atoms with van der Waals surface area (Å²) in [5.74, 6) is -0.273. The summed E-state index contributed by atoms with van der Waals surface area (Å²) in [6, 6.07) is 19.2.